The summed E-state index contributed by atoms with van der Waals surface area (Å²) in [5.74, 6) is 0.257. The number of nitrogens with zero attached hydrogens (tertiary/aromatic N) is 4. The maximum atomic E-state index is 12.3. The molecule has 2 N–H and O–H groups in total. The van der Waals surface area contributed by atoms with E-state index in [1.165, 1.54) is 23.8 Å². The minimum atomic E-state index is -0.417. The predicted octanol–water partition coefficient (Wildman–Crippen LogP) is 4.38. The summed E-state index contributed by atoms with van der Waals surface area (Å²) in [7, 11) is 1.92. The van der Waals surface area contributed by atoms with Crippen LogP contribution in [0.5, 0.6) is 5.75 Å². The van der Waals surface area contributed by atoms with Crippen molar-refractivity contribution in [3.8, 4) is 5.75 Å². The molecule has 1 heterocycles. The lowest BCUT2D eigenvalue weighted by Gasteiger charge is -2.09. The molecular formula is C22H18ClN5O2S. The zero-order valence-electron chi connectivity index (χ0n) is 16.5. The Labute approximate surface area is 187 Å². The molecule has 156 valence electrons. The minimum absolute atomic E-state index is 0.0781. The van der Waals surface area contributed by atoms with Crippen molar-refractivity contribution in [2.45, 2.75) is 10.9 Å². The summed E-state index contributed by atoms with van der Waals surface area (Å²) in [5, 5.41) is 24.7. The number of nitrogens with one attached hydrogen (secondary N) is 1. The van der Waals surface area contributed by atoms with Crippen LogP contribution in [-0.4, -0.2) is 32.0 Å². The van der Waals surface area contributed by atoms with Gasteiger partial charge in [0.25, 0.3) is 5.91 Å². The monoisotopic (exact) mass is 451 g/mol. The summed E-state index contributed by atoms with van der Waals surface area (Å²) in [6.45, 7) is 0. The summed E-state index contributed by atoms with van der Waals surface area (Å²) in [6, 6.07) is 16.3. The van der Waals surface area contributed by atoms with Crippen molar-refractivity contribution in [3.05, 3.63) is 82.6 Å². The fraction of sp³-hybridized carbons (Fsp3) is 0.0909. The zero-order valence-corrected chi connectivity index (χ0v) is 18.1. The number of phenolic OH excluding ortho intramolecular Hbond substituents is 1. The van der Waals surface area contributed by atoms with Crippen molar-refractivity contribution < 1.29 is 9.90 Å². The number of fused-ring (bicyclic) bond motifs is 1. The smallest absolute Gasteiger partial charge is 0.271 e. The topological polar surface area (TPSA) is 92.4 Å². The molecule has 0 spiro atoms. The molecule has 0 aliphatic carbocycles. The molecule has 9 heteroatoms. The fourth-order valence-electron chi connectivity index (χ4n) is 3.04. The molecule has 0 atom stereocenters. The second-order valence-corrected chi connectivity index (χ2v) is 8.09. The van der Waals surface area contributed by atoms with Crippen LogP contribution in [0.25, 0.3) is 10.8 Å². The van der Waals surface area contributed by atoms with E-state index < -0.39 is 5.91 Å². The van der Waals surface area contributed by atoms with Crippen molar-refractivity contribution in [1.29, 1.82) is 0 Å². The van der Waals surface area contributed by atoms with Crippen LogP contribution in [-0.2, 0) is 12.8 Å². The molecule has 4 rings (SSSR count). The number of aromatic hydroxyl groups is 1. The number of hydrazone groups is 1. The Hall–Kier alpha value is -3.36. The standard InChI is InChI=1S/C22H18ClN5O2S/c1-28-13-25-27-22(28)31-12-16-7-6-15(17-4-2-3-5-18(16)17)11-24-26-21(30)14-8-9-20(29)19(23)10-14/h2-11,13,29H,12H2,1H3,(H,26,30). The van der Waals surface area contributed by atoms with Crippen LogP contribution in [0.1, 0.15) is 21.5 Å². The van der Waals surface area contributed by atoms with Crippen LogP contribution in [0.15, 0.2) is 71.2 Å². The summed E-state index contributed by atoms with van der Waals surface area (Å²) in [4.78, 5) is 12.3. The van der Waals surface area contributed by atoms with Crippen LogP contribution in [0.4, 0.5) is 0 Å². The number of amides is 1. The molecule has 0 bridgehead atoms. The summed E-state index contributed by atoms with van der Waals surface area (Å²) in [6.07, 6.45) is 3.29. The Bertz CT molecular complexity index is 1290. The van der Waals surface area contributed by atoms with Gasteiger partial charge in [-0.2, -0.15) is 5.10 Å². The van der Waals surface area contributed by atoms with Gasteiger partial charge in [0.1, 0.15) is 12.1 Å². The molecule has 1 aromatic heterocycles. The van der Waals surface area contributed by atoms with E-state index in [0.29, 0.717) is 5.56 Å². The van der Waals surface area contributed by atoms with E-state index in [0.717, 1.165) is 27.2 Å². The van der Waals surface area contributed by atoms with Crippen molar-refractivity contribution in [3.63, 3.8) is 0 Å². The molecule has 0 aliphatic heterocycles. The summed E-state index contributed by atoms with van der Waals surface area (Å²) < 4.78 is 1.89. The molecule has 0 unspecified atom stereocenters. The highest BCUT2D eigenvalue weighted by Gasteiger charge is 2.09. The lowest BCUT2D eigenvalue weighted by atomic mass is 10.0. The first-order chi connectivity index (χ1) is 15.0. The highest BCUT2D eigenvalue weighted by Crippen LogP contribution is 2.28. The van der Waals surface area contributed by atoms with Gasteiger partial charge >= 0.3 is 0 Å². The molecule has 1 amide bonds. The average Bonchev–Trinajstić information content (AvgIpc) is 3.19. The highest BCUT2D eigenvalue weighted by atomic mass is 35.5. The average molecular weight is 452 g/mol. The van der Waals surface area contributed by atoms with Crippen molar-refractivity contribution in [2.75, 3.05) is 0 Å². The van der Waals surface area contributed by atoms with Gasteiger partial charge in [0.05, 0.1) is 11.2 Å². The van der Waals surface area contributed by atoms with E-state index >= 15 is 0 Å². The molecule has 0 saturated carbocycles. The summed E-state index contributed by atoms with van der Waals surface area (Å²) in [5.41, 5.74) is 4.85. The number of carbonyl (C=O) groups excluding carboxylic acids is 1. The van der Waals surface area contributed by atoms with E-state index in [1.54, 1.807) is 24.3 Å². The Morgan fingerprint density at radius 1 is 1.23 bits per heavy atom. The lowest BCUT2D eigenvalue weighted by Crippen LogP contribution is -2.17. The number of phenols is 1. The third-order valence-electron chi connectivity index (χ3n) is 4.65. The van der Waals surface area contributed by atoms with Crippen molar-refractivity contribution >= 4 is 46.3 Å². The van der Waals surface area contributed by atoms with Gasteiger partial charge in [-0.3, -0.25) is 4.79 Å². The van der Waals surface area contributed by atoms with E-state index in [2.05, 4.69) is 32.9 Å². The minimum Gasteiger partial charge on any atom is -0.506 e. The van der Waals surface area contributed by atoms with Gasteiger partial charge in [-0.1, -0.05) is 59.8 Å². The molecule has 7 nitrogen and oxygen atoms in total. The molecule has 3 aromatic carbocycles. The number of aryl methyl sites for hydroxylation is 1. The van der Waals surface area contributed by atoms with E-state index in [1.807, 2.05) is 35.9 Å². The van der Waals surface area contributed by atoms with Gasteiger partial charge in [-0.25, -0.2) is 5.43 Å². The normalized spacial score (nSPS) is 11.3. The quantitative estimate of drug-likeness (QED) is 0.258. The van der Waals surface area contributed by atoms with E-state index in [-0.39, 0.29) is 10.8 Å². The number of aromatic nitrogens is 3. The number of hydrogen-bond donors (Lipinski definition) is 2. The number of carbonyl (C=O) groups is 1. The summed E-state index contributed by atoms with van der Waals surface area (Å²) >= 11 is 7.48. The van der Waals surface area contributed by atoms with Gasteiger partial charge in [-0.15, -0.1) is 10.2 Å². The van der Waals surface area contributed by atoms with Crippen molar-refractivity contribution in [2.24, 2.45) is 12.1 Å². The van der Waals surface area contributed by atoms with E-state index in [4.69, 9.17) is 11.6 Å². The third kappa shape index (κ3) is 4.70. The third-order valence-corrected chi connectivity index (χ3v) is 6.04. The molecule has 0 saturated heterocycles. The SMILES string of the molecule is Cn1cnnc1SCc1ccc(C=NNC(=O)c2ccc(O)c(Cl)c2)c2ccccc12. The van der Waals surface area contributed by atoms with Gasteiger partial charge in [-0.05, 0) is 34.5 Å². The van der Waals surface area contributed by atoms with Crippen molar-refractivity contribution in [1.82, 2.24) is 20.2 Å². The Morgan fingerprint density at radius 3 is 2.77 bits per heavy atom. The zero-order chi connectivity index (χ0) is 21.8. The second kappa shape index (κ2) is 9.20. The molecule has 0 radical (unpaired) electrons. The van der Waals surface area contributed by atoms with Gasteiger partial charge < -0.3 is 9.67 Å². The van der Waals surface area contributed by atoms with Gasteiger partial charge in [0.15, 0.2) is 5.16 Å². The number of hydrogen-bond acceptors (Lipinski definition) is 6. The number of halogens is 1. The van der Waals surface area contributed by atoms with Crippen LogP contribution in [0.2, 0.25) is 5.02 Å². The molecule has 31 heavy (non-hydrogen) atoms. The molecule has 0 aliphatic rings. The molecular weight excluding hydrogens is 434 g/mol. The first kappa shape index (κ1) is 20.9. The first-order valence-corrected chi connectivity index (χ1v) is 10.7. The van der Waals surface area contributed by atoms with E-state index in [9.17, 15) is 9.90 Å². The van der Waals surface area contributed by atoms with Crippen LogP contribution < -0.4 is 5.43 Å². The Kier molecular flexibility index (Phi) is 6.20. The fourth-order valence-corrected chi connectivity index (χ4v) is 4.11. The second-order valence-electron chi connectivity index (χ2n) is 6.74. The largest absolute Gasteiger partial charge is 0.506 e. The van der Waals surface area contributed by atoms with Gasteiger partial charge in [0.2, 0.25) is 0 Å². The molecule has 0 fully saturated rings. The van der Waals surface area contributed by atoms with Gasteiger partial charge in [0, 0.05) is 23.9 Å². The Morgan fingerprint density at radius 2 is 2.03 bits per heavy atom. The molecule has 4 aromatic rings. The number of benzene rings is 3. The maximum Gasteiger partial charge on any atom is 0.271 e. The van der Waals surface area contributed by atoms with Crippen LogP contribution in [0.3, 0.4) is 0 Å². The Balaban J connectivity index is 1.52. The maximum absolute atomic E-state index is 12.3. The highest BCUT2D eigenvalue weighted by molar-refractivity contribution is 7.98. The lowest BCUT2D eigenvalue weighted by molar-refractivity contribution is 0.0955. The number of rotatable bonds is 6. The number of thioether (sulfide) groups is 1. The van der Waals surface area contributed by atoms with Crippen LogP contribution in [0, 0.1) is 0 Å². The van der Waals surface area contributed by atoms with Crippen LogP contribution >= 0.6 is 23.4 Å². The first-order valence-electron chi connectivity index (χ1n) is 9.32. The predicted molar refractivity (Wildman–Crippen MR) is 123 cm³/mol.